The molecule has 0 atom stereocenters. The summed E-state index contributed by atoms with van der Waals surface area (Å²) in [5.41, 5.74) is 0. The first-order valence-electron chi connectivity index (χ1n) is 18.0. The van der Waals surface area contributed by atoms with Crippen LogP contribution in [0.2, 0.25) is 0 Å². The molecule has 0 saturated carbocycles. The number of hydrogen-bond donors (Lipinski definition) is 0. The van der Waals surface area contributed by atoms with Gasteiger partial charge in [-0.15, -0.1) is 6.61 Å². The van der Waals surface area contributed by atoms with Gasteiger partial charge in [0.25, 0.3) is 0 Å². The molecular weight excluding hydrogens is 505 g/mol. The molecule has 3 nitrogen and oxygen atoms in total. The van der Waals surface area contributed by atoms with E-state index >= 15 is 0 Å². The monoisotopic (exact) mass is 577 g/mol. The molecule has 0 aromatic rings. The molecule has 4 heteroatoms. The van der Waals surface area contributed by atoms with Gasteiger partial charge in [-0.2, -0.15) is 0 Å². The Morgan fingerprint density at radius 1 is 0.375 bits per heavy atom. The first-order chi connectivity index (χ1) is 19.2. The van der Waals surface area contributed by atoms with Crippen molar-refractivity contribution in [2.24, 2.45) is 0 Å². The Morgan fingerprint density at radius 3 is 0.775 bits per heavy atom. The summed E-state index contributed by atoms with van der Waals surface area (Å²) in [6.07, 6.45) is 41.7. The maximum atomic E-state index is 10.3. The van der Waals surface area contributed by atoms with Gasteiger partial charge < -0.3 is 15.0 Å². The molecule has 0 amide bonds. The molecule has 236 valence electrons. The first kappa shape index (κ1) is 44.6. The zero-order valence-corrected chi connectivity index (χ0v) is 29.2. The molecule has 0 aliphatic heterocycles. The fraction of sp³-hybridized carbons (Fsp3) is 0.972. The topological polar surface area (TPSA) is 63.2 Å². The van der Waals surface area contributed by atoms with Gasteiger partial charge in [-0.1, -0.05) is 206 Å². The summed E-state index contributed by atoms with van der Waals surface area (Å²) in [6.45, 7) is 4.67. The van der Waals surface area contributed by atoms with Crippen molar-refractivity contribution in [2.75, 3.05) is 6.61 Å². The second-order valence-corrected chi connectivity index (χ2v) is 12.1. The van der Waals surface area contributed by atoms with Gasteiger partial charge in [-0.25, -0.2) is 0 Å². The fourth-order valence-corrected chi connectivity index (χ4v) is 5.29. The fourth-order valence-electron chi connectivity index (χ4n) is 5.29. The Kier molecular flexibility index (Phi) is 48.7. The van der Waals surface area contributed by atoms with Crippen LogP contribution in [-0.2, 0) is 4.79 Å². The van der Waals surface area contributed by atoms with Crippen LogP contribution in [0.15, 0.2) is 0 Å². The minimum atomic E-state index is -0.903. The molecule has 0 saturated heterocycles. The summed E-state index contributed by atoms with van der Waals surface area (Å²) >= 11 is 0. The number of carbonyl (C=O) groups is 1. The number of unbranched alkanes of at least 4 members (excludes halogenated alkanes) is 29. The van der Waals surface area contributed by atoms with Crippen LogP contribution < -0.4 is 10.2 Å². The average molecular weight is 577 g/mol. The summed E-state index contributed by atoms with van der Waals surface area (Å²) in [5.74, 6) is -0.903. The van der Waals surface area contributed by atoms with E-state index in [9.17, 15) is 15.0 Å². The summed E-state index contributed by atoms with van der Waals surface area (Å²) in [6, 6.07) is 0. The van der Waals surface area contributed by atoms with Crippen molar-refractivity contribution in [1.29, 1.82) is 0 Å². The molecule has 0 fully saturated rings. The van der Waals surface area contributed by atoms with E-state index in [0.717, 1.165) is 25.7 Å². The molecule has 0 heterocycles. The smallest absolute Gasteiger partial charge is 0.854 e. The molecule has 0 unspecified atom stereocenters. The van der Waals surface area contributed by atoms with Crippen molar-refractivity contribution >= 4 is 29.0 Å². The van der Waals surface area contributed by atoms with Crippen LogP contribution in [0.4, 0.5) is 0 Å². The number of aliphatic carboxylic acids is 1. The van der Waals surface area contributed by atoms with Gasteiger partial charge in [-0.05, 0) is 12.8 Å². The van der Waals surface area contributed by atoms with Crippen LogP contribution in [-0.4, -0.2) is 35.6 Å². The van der Waals surface area contributed by atoms with Crippen molar-refractivity contribution < 1.29 is 15.0 Å². The van der Waals surface area contributed by atoms with E-state index in [1.807, 2.05) is 0 Å². The number of carboxylic acid groups (broad SMARTS) is 1. The summed E-state index contributed by atoms with van der Waals surface area (Å²) in [5, 5.41) is 20.5. The van der Waals surface area contributed by atoms with Crippen LogP contribution in [0, 0.1) is 0 Å². The Balaban J connectivity index is -0.000000669. The third-order valence-electron chi connectivity index (χ3n) is 7.98. The predicted molar refractivity (Wildman–Crippen MR) is 175 cm³/mol. The van der Waals surface area contributed by atoms with Crippen molar-refractivity contribution in [3.63, 3.8) is 0 Å². The van der Waals surface area contributed by atoms with Crippen LogP contribution >= 0.6 is 0 Å². The number of rotatable bonds is 32. The van der Waals surface area contributed by atoms with Gasteiger partial charge in [-0.3, -0.25) is 0 Å². The molecule has 0 spiro atoms. The van der Waals surface area contributed by atoms with Crippen molar-refractivity contribution in [2.45, 2.75) is 219 Å². The van der Waals surface area contributed by atoms with E-state index in [2.05, 4.69) is 13.8 Å². The zero-order valence-electron chi connectivity index (χ0n) is 27.8. The van der Waals surface area contributed by atoms with Crippen molar-refractivity contribution in [1.82, 2.24) is 0 Å². The van der Waals surface area contributed by atoms with E-state index in [4.69, 9.17) is 0 Å². The standard InChI is InChI=1S/C18H36O2.C18H37O.Mg/c1-2-3-4-5-6-7-8-9-10-11-12-13-14-15-16-17-18(19)20;1-2-3-4-5-6-7-8-9-10-11-12-13-14-15-16-17-18-19;/h2-17H2,1H3,(H,19,20);2-18H2,1H3;/q;-1;+2/p-1. The summed E-state index contributed by atoms with van der Waals surface area (Å²) in [7, 11) is 0. The normalized spacial score (nSPS) is 10.7. The van der Waals surface area contributed by atoms with Gasteiger partial charge in [0.2, 0.25) is 0 Å². The van der Waals surface area contributed by atoms with Crippen LogP contribution in [0.25, 0.3) is 0 Å². The largest absolute Gasteiger partial charge is 2.00 e. The molecular formula is C36H72MgO3. The number of carbonyl (C=O) groups excluding carboxylic acids is 1. The molecule has 0 aromatic carbocycles. The van der Waals surface area contributed by atoms with Gasteiger partial charge >= 0.3 is 23.1 Å². The van der Waals surface area contributed by atoms with Crippen molar-refractivity contribution in [3.8, 4) is 0 Å². The Morgan fingerprint density at radius 2 is 0.575 bits per heavy atom. The van der Waals surface area contributed by atoms with Crippen LogP contribution in [0.3, 0.4) is 0 Å². The number of carboxylic acids is 1. The SMILES string of the molecule is CCCCCCCCCCCCCCCCCC(=O)[O-].CCCCCCCCCCCCCCCCCC[O-].[Mg+2]. The second kappa shape index (κ2) is 43.6. The van der Waals surface area contributed by atoms with Crippen molar-refractivity contribution in [3.05, 3.63) is 0 Å². The molecule has 0 aliphatic rings. The van der Waals surface area contributed by atoms with E-state index in [0.29, 0.717) is 0 Å². The molecule has 0 bridgehead atoms. The van der Waals surface area contributed by atoms with E-state index < -0.39 is 5.97 Å². The van der Waals surface area contributed by atoms with Crippen LogP contribution in [0.1, 0.15) is 219 Å². The molecule has 0 N–H and O–H groups in total. The van der Waals surface area contributed by atoms with Gasteiger partial charge in [0.1, 0.15) is 0 Å². The number of hydrogen-bond acceptors (Lipinski definition) is 3. The average Bonchev–Trinajstić information content (AvgIpc) is 2.93. The Bertz CT molecular complexity index is 414. The maximum absolute atomic E-state index is 10.3. The zero-order chi connectivity index (χ0) is 28.9. The molecule has 40 heavy (non-hydrogen) atoms. The third kappa shape index (κ3) is 48.0. The van der Waals surface area contributed by atoms with Gasteiger partial charge in [0.15, 0.2) is 0 Å². The third-order valence-corrected chi connectivity index (χ3v) is 7.98. The Hall–Kier alpha value is 0.196. The summed E-state index contributed by atoms with van der Waals surface area (Å²) in [4.78, 5) is 10.2. The van der Waals surface area contributed by atoms with E-state index in [1.165, 1.54) is 173 Å². The quantitative estimate of drug-likeness (QED) is 0.0591. The van der Waals surface area contributed by atoms with E-state index in [-0.39, 0.29) is 36.1 Å². The minimum Gasteiger partial charge on any atom is -0.854 e. The summed E-state index contributed by atoms with van der Waals surface area (Å²) < 4.78 is 0. The van der Waals surface area contributed by atoms with Gasteiger partial charge in [0.05, 0.1) is 0 Å². The second-order valence-electron chi connectivity index (χ2n) is 12.1. The van der Waals surface area contributed by atoms with Crippen LogP contribution in [0.5, 0.6) is 0 Å². The minimum absolute atomic E-state index is 0. The predicted octanol–water partition coefficient (Wildman–Crippen LogP) is 10.2. The van der Waals surface area contributed by atoms with E-state index in [1.54, 1.807) is 0 Å². The molecule has 0 aromatic heterocycles. The van der Waals surface area contributed by atoms with Gasteiger partial charge in [0, 0.05) is 5.97 Å². The molecule has 0 radical (unpaired) electrons. The molecule has 0 aliphatic carbocycles. The first-order valence-corrected chi connectivity index (χ1v) is 18.0. The maximum Gasteiger partial charge on any atom is 2.00 e. The Labute approximate surface area is 269 Å². The molecule has 0 rings (SSSR count).